The topological polar surface area (TPSA) is 90.3 Å². The number of nitrogens with one attached hydrogen (secondary N) is 2. The Labute approximate surface area is 223 Å². The molecule has 5 rings (SSSR count). The quantitative estimate of drug-likeness (QED) is 0.284. The molecule has 8 nitrogen and oxygen atoms in total. The molecular weight excluding hydrogens is 505 g/mol. The summed E-state index contributed by atoms with van der Waals surface area (Å²) in [6.45, 7) is 1.81. The lowest BCUT2D eigenvalue weighted by Crippen LogP contribution is -2.31. The van der Waals surface area contributed by atoms with Gasteiger partial charge in [-0.25, -0.2) is 9.07 Å². The molecule has 1 unspecified atom stereocenters. The maximum Gasteiger partial charge on any atom is 0.255 e. The first-order valence-corrected chi connectivity index (χ1v) is 12.8. The molecule has 1 aromatic heterocycles. The van der Waals surface area contributed by atoms with Crippen LogP contribution < -0.4 is 20.1 Å². The van der Waals surface area contributed by atoms with Crippen molar-refractivity contribution in [2.75, 3.05) is 24.9 Å². The maximum atomic E-state index is 13.8. The summed E-state index contributed by atoms with van der Waals surface area (Å²) in [5.74, 6) is 1.76. The van der Waals surface area contributed by atoms with Crippen molar-refractivity contribution in [2.45, 2.75) is 23.9 Å². The van der Waals surface area contributed by atoms with Gasteiger partial charge in [0.25, 0.3) is 5.91 Å². The average Bonchev–Trinajstić information content (AvgIpc) is 3.34. The molecule has 10 heteroatoms. The zero-order valence-corrected chi connectivity index (χ0v) is 21.9. The van der Waals surface area contributed by atoms with Crippen LogP contribution in [0.4, 0.5) is 16.0 Å². The molecule has 0 fully saturated rings. The summed E-state index contributed by atoms with van der Waals surface area (Å²) in [7, 11) is 3.18. The number of rotatable bonds is 8. The van der Waals surface area contributed by atoms with Crippen LogP contribution in [0.1, 0.15) is 24.1 Å². The summed E-state index contributed by atoms with van der Waals surface area (Å²) in [6, 6.07) is 20.4. The normalized spacial score (nSPS) is 14.5. The summed E-state index contributed by atoms with van der Waals surface area (Å²) < 4.78 is 26.2. The van der Waals surface area contributed by atoms with Crippen LogP contribution in [0.25, 0.3) is 0 Å². The molecule has 3 aromatic carbocycles. The van der Waals surface area contributed by atoms with Crippen molar-refractivity contribution < 1.29 is 18.7 Å². The van der Waals surface area contributed by atoms with E-state index in [0.717, 1.165) is 11.3 Å². The molecule has 1 amide bonds. The van der Waals surface area contributed by atoms with Gasteiger partial charge in [0.15, 0.2) is 0 Å². The van der Waals surface area contributed by atoms with E-state index in [4.69, 9.17) is 14.6 Å². The number of methoxy groups -OCH3 is 2. The van der Waals surface area contributed by atoms with Gasteiger partial charge in [0.2, 0.25) is 11.1 Å². The van der Waals surface area contributed by atoms with E-state index in [1.807, 2.05) is 43.3 Å². The maximum absolute atomic E-state index is 13.8. The van der Waals surface area contributed by atoms with Crippen molar-refractivity contribution in [3.05, 3.63) is 101 Å². The fraction of sp³-hybridized carbons (Fsp3) is 0.179. The summed E-state index contributed by atoms with van der Waals surface area (Å²) >= 11 is 1.47. The zero-order chi connectivity index (χ0) is 26.6. The Hall–Kier alpha value is -4.31. The number of carbonyl (C=O) groups is 1. The fourth-order valence-corrected chi connectivity index (χ4v) is 5.06. The second kappa shape index (κ2) is 11.0. The van der Waals surface area contributed by atoms with E-state index in [-0.39, 0.29) is 11.7 Å². The number of carbonyl (C=O) groups excluding carboxylic acids is 1. The summed E-state index contributed by atoms with van der Waals surface area (Å²) in [6.07, 6.45) is 0. The lowest BCUT2D eigenvalue weighted by Gasteiger charge is -2.28. The first-order valence-electron chi connectivity index (χ1n) is 11.9. The van der Waals surface area contributed by atoms with E-state index in [2.05, 4.69) is 15.6 Å². The van der Waals surface area contributed by atoms with E-state index >= 15 is 0 Å². The molecule has 38 heavy (non-hydrogen) atoms. The number of fused-ring (bicyclic) bond motifs is 1. The van der Waals surface area contributed by atoms with Crippen LogP contribution in [-0.2, 0) is 10.5 Å². The number of anilines is 2. The van der Waals surface area contributed by atoms with E-state index in [1.54, 1.807) is 43.2 Å². The molecule has 0 saturated heterocycles. The Balaban J connectivity index is 1.48. The van der Waals surface area contributed by atoms with Crippen molar-refractivity contribution in [2.24, 2.45) is 0 Å². The third kappa shape index (κ3) is 5.21. The van der Waals surface area contributed by atoms with Crippen molar-refractivity contribution in [1.82, 2.24) is 14.8 Å². The van der Waals surface area contributed by atoms with E-state index in [0.29, 0.717) is 45.1 Å². The third-order valence-corrected chi connectivity index (χ3v) is 7.03. The SMILES string of the molecule is COc1cccc(CSc2nc3n(n2)C(c2ccc(F)cc2)C(C(=O)Nc2ccccc2OC)=C(C)N3)c1. The van der Waals surface area contributed by atoms with E-state index in [1.165, 1.54) is 23.9 Å². The molecule has 0 bridgehead atoms. The zero-order valence-electron chi connectivity index (χ0n) is 21.1. The summed E-state index contributed by atoms with van der Waals surface area (Å²) in [5.41, 5.74) is 3.36. The number of benzene rings is 3. The largest absolute Gasteiger partial charge is 0.497 e. The van der Waals surface area contributed by atoms with Crippen LogP contribution >= 0.6 is 11.8 Å². The Morgan fingerprint density at radius 3 is 2.63 bits per heavy atom. The number of ether oxygens (including phenoxy) is 2. The molecule has 1 atom stereocenters. The van der Waals surface area contributed by atoms with Gasteiger partial charge in [-0.1, -0.05) is 48.2 Å². The third-order valence-electron chi connectivity index (χ3n) is 6.12. The molecule has 0 spiro atoms. The lowest BCUT2D eigenvalue weighted by molar-refractivity contribution is -0.113. The number of amides is 1. The first kappa shape index (κ1) is 25.3. The van der Waals surface area contributed by atoms with Gasteiger partial charge in [-0.15, -0.1) is 5.10 Å². The number of aromatic nitrogens is 3. The smallest absolute Gasteiger partial charge is 0.255 e. The molecule has 194 valence electrons. The van der Waals surface area contributed by atoms with Crippen LogP contribution in [0, 0.1) is 5.82 Å². The predicted molar refractivity (Wildman–Crippen MR) is 145 cm³/mol. The number of allylic oxidation sites excluding steroid dienone is 1. The number of hydrogen-bond donors (Lipinski definition) is 2. The Morgan fingerprint density at radius 1 is 1.08 bits per heavy atom. The van der Waals surface area contributed by atoms with E-state index in [9.17, 15) is 9.18 Å². The standard InChI is InChI=1S/C28H26FN5O3S/c1-17-24(26(35)31-22-9-4-5-10-23(22)37-3)25(19-11-13-20(29)14-12-19)34-27(30-17)32-28(33-34)38-16-18-7-6-8-21(15-18)36-2/h4-15,25H,16H2,1-3H3,(H,31,35)(H,30,32,33). The van der Waals surface area contributed by atoms with Crippen LogP contribution in [0.3, 0.4) is 0 Å². The second-order valence-corrected chi connectivity index (χ2v) is 9.52. The van der Waals surface area contributed by atoms with E-state index < -0.39 is 6.04 Å². The molecule has 1 aliphatic heterocycles. The molecule has 2 heterocycles. The Bertz CT molecular complexity index is 1500. The van der Waals surface area contributed by atoms with Gasteiger partial charge >= 0.3 is 0 Å². The highest BCUT2D eigenvalue weighted by molar-refractivity contribution is 7.98. The van der Waals surface area contributed by atoms with Crippen molar-refractivity contribution in [3.63, 3.8) is 0 Å². The average molecular weight is 532 g/mol. The Morgan fingerprint density at radius 2 is 1.87 bits per heavy atom. The molecule has 0 aliphatic carbocycles. The molecule has 2 N–H and O–H groups in total. The summed E-state index contributed by atoms with van der Waals surface area (Å²) in [5, 5.41) is 11.5. The fourth-order valence-electron chi connectivity index (χ4n) is 4.29. The monoisotopic (exact) mass is 531 g/mol. The van der Waals surface area contributed by atoms with Gasteiger partial charge in [0.1, 0.15) is 23.4 Å². The molecule has 0 radical (unpaired) electrons. The highest BCUT2D eigenvalue weighted by atomic mass is 32.2. The first-order chi connectivity index (χ1) is 18.5. The molecule has 4 aromatic rings. The number of hydrogen-bond acceptors (Lipinski definition) is 7. The minimum Gasteiger partial charge on any atom is -0.497 e. The van der Waals surface area contributed by atoms with Gasteiger partial charge < -0.3 is 20.1 Å². The predicted octanol–water partition coefficient (Wildman–Crippen LogP) is 5.65. The second-order valence-electron chi connectivity index (χ2n) is 8.57. The number of nitrogens with zero attached hydrogens (tertiary/aromatic N) is 3. The minimum absolute atomic E-state index is 0.333. The number of thioether (sulfide) groups is 1. The van der Waals surface area contributed by atoms with Gasteiger partial charge in [0.05, 0.1) is 25.5 Å². The number of para-hydroxylation sites is 2. The van der Waals surface area contributed by atoms with Crippen molar-refractivity contribution in [3.8, 4) is 11.5 Å². The van der Waals surface area contributed by atoms with Crippen LogP contribution in [0.5, 0.6) is 11.5 Å². The van der Waals surface area contributed by atoms with Gasteiger partial charge in [-0.2, -0.15) is 4.98 Å². The van der Waals surface area contributed by atoms with Crippen molar-refractivity contribution >= 4 is 29.3 Å². The van der Waals surface area contributed by atoms with Crippen LogP contribution in [-0.4, -0.2) is 34.9 Å². The van der Waals surface area contributed by atoms with Crippen molar-refractivity contribution in [1.29, 1.82) is 0 Å². The van der Waals surface area contributed by atoms with Gasteiger partial charge in [-0.05, 0) is 54.4 Å². The highest BCUT2D eigenvalue weighted by Crippen LogP contribution is 2.37. The highest BCUT2D eigenvalue weighted by Gasteiger charge is 2.34. The summed E-state index contributed by atoms with van der Waals surface area (Å²) in [4.78, 5) is 18.3. The molecule has 0 saturated carbocycles. The molecular formula is C28H26FN5O3S. The van der Waals surface area contributed by atoms with Gasteiger partial charge in [-0.3, -0.25) is 4.79 Å². The van der Waals surface area contributed by atoms with Crippen LogP contribution in [0.2, 0.25) is 0 Å². The van der Waals surface area contributed by atoms with Gasteiger partial charge in [0, 0.05) is 11.4 Å². The van der Waals surface area contributed by atoms with Crippen LogP contribution in [0.15, 0.2) is 89.2 Å². The molecule has 1 aliphatic rings. The lowest BCUT2D eigenvalue weighted by atomic mass is 9.95. The number of halogens is 1. The Kier molecular flexibility index (Phi) is 7.32. The minimum atomic E-state index is -0.625.